The molecule has 0 amide bonds. The average Bonchev–Trinajstić information content (AvgIpc) is 2.87. The first kappa shape index (κ1) is 20.1. The van der Waals surface area contributed by atoms with Crippen LogP contribution in [0, 0.1) is 17.8 Å². The molecule has 0 aromatic heterocycles. The zero-order chi connectivity index (χ0) is 19.8. The number of esters is 2. The third-order valence-corrected chi connectivity index (χ3v) is 6.17. The van der Waals surface area contributed by atoms with E-state index >= 15 is 0 Å². The van der Waals surface area contributed by atoms with Crippen LogP contribution in [0.15, 0.2) is 11.8 Å². The van der Waals surface area contributed by atoms with Gasteiger partial charge in [0.05, 0.1) is 6.10 Å². The minimum Gasteiger partial charge on any atom is -0.446 e. The van der Waals surface area contributed by atoms with E-state index in [1.165, 1.54) is 13.3 Å². The van der Waals surface area contributed by atoms with Crippen molar-refractivity contribution in [2.24, 2.45) is 17.8 Å². The number of Topliss-reactive ketones (excluding diaryl/α,β-unsaturated/α-hetero) is 1. The second kappa shape index (κ2) is 7.74. The second-order valence-electron chi connectivity index (χ2n) is 8.68. The van der Waals surface area contributed by atoms with E-state index in [1.54, 1.807) is 6.08 Å². The summed E-state index contributed by atoms with van der Waals surface area (Å²) in [5.74, 6) is 0.258. The van der Waals surface area contributed by atoms with Crippen molar-refractivity contribution in [1.82, 2.24) is 0 Å². The largest absolute Gasteiger partial charge is 0.446 e. The molecule has 6 heteroatoms. The van der Waals surface area contributed by atoms with Crippen LogP contribution in [0.3, 0.4) is 0 Å². The van der Waals surface area contributed by atoms with Crippen LogP contribution in [0.2, 0.25) is 0 Å². The van der Waals surface area contributed by atoms with Gasteiger partial charge in [0.15, 0.2) is 5.60 Å². The lowest BCUT2D eigenvalue weighted by Gasteiger charge is -2.44. The Morgan fingerprint density at radius 1 is 1.30 bits per heavy atom. The standard InChI is InChI=1S/C21H30O6/c1-12(2)16-6-5-13(3)9-17(16)26-19-10-15(23)7-8-21(19)11-18(20(24)27-21)25-14(4)22/h11-13,16-17,19H,5-10H2,1-4H3/t13-,16+,17-,19+,21-/m1/s1. The van der Waals surface area contributed by atoms with Crippen LogP contribution in [-0.4, -0.2) is 35.5 Å². The minimum atomic E-state index is -1.02. The van der Waals surface area contributed by atoms with Gasteiger partial charge in [-0.15, -0.1) is 0 Å². The summed E-state index contributed by atoms with van der Waals surface area (Å²) in [6, 6.07) is 0. The summed E-state index contributed by atoms with van der Waals surface area (Å²) in [7, 11) is 0. The van der Waals surface area contributed by atoms with Crippen molar-refractivity contribution >= 4 is 17.7 Å². The third-order valence-electron chi connectivity index (χ3n) is 6.17. The van der Waals surface area contributed by atoms with Crippen molar-refractivity contribution in [2.45, 2.75) is 84.0 Å². The highest BCUT2D eigenvalue weighted by Crippen LogP contribution is 2.43. The molecule has 27 heavy (non-hydrogen) atoms. The van der Waals surface area contributed by atoms with Gasteiger partial charge in [-0.1, -0.05) is 27.2 Å². The number of hydrogen-bond donors (Lipinski definition) is 0. The first-order valence-corrected chi connectivity index (χ1v) is 10.0. The Morgan fingerprint density at radius 2 is 2.04 bits per heavy atom. The lowest BCUT2D eigenvalue weighted by atomic mass is 9.74. The van der Waals surface area contributed by atoms with E-state index in [0.29, 0.717) is 30.6 Å². The number of rotatable bonds is 4. The molecule has 6 nitrogen and oxygen atoms in total. The molecule has 3 aliphatic rings. The van der Waals surface area contributed by atoms with E-state index < -0.39 is 23.6 Å². The van der Waals surface area contributed by atoms with Crippen molar-refractivity contribution < 1.29 is 28.6 Å². The molecule has 0 unspecified atom stereocenters. The maximum atomic E-state index is 12.2. The SMILES string of the molecule is CC(=O)OC1=C[C@@]2(CCC(=O)C[C@@H]2O[C@@H]2C[C@H](C)CC[C@H]2C(C)C)OC1=O. The smallest absolute Gasteiger partial charge is 0.375 e. The highest BCUT2D eigenvalue weighted by atomic mass is 16.6. The fourth-order valence-corrected chi connectivity index (χ4v) is 4.66. The Hall–Kier alpha value is -1.69. The summed E-state index contributed by atoms with van der Waals surface area (Å²) >= 11 is 0. The molecular weight excluding hydrogens is 348 g/mol. The van der Waals surface area contributed by atoms with Crippen LogP contribution in [-0.2, 0) is 28.6 Å². The summed E-state index contributed by atoms with van der Waals surface area (Å²) in [6.07, 6.45) is 5.19. The molecule has 0 saturated heterocycles. The molecule has 0 N–H and O–H groups in total. The summed E-state index contributed by atoms with van der Waals surface area (Å²) in [4.78, 5) is 35.6. The van der Waals surface area contributed by atoms with E-state index in [2.05, 4.69) is 20.8 Å². The molecule has 0 aromatic carbocycles. The van der Waals surface area contributed by atoms with Crippen molar-refractivity contribution in [2.75, 3.05) is 0 Å². The van der Waals surface area contributed by atoms with Gasteiger partial charge < -0.3 is 14.2 Å². The topological polar surface area (TPSA) is 78.9 Å². The Labute approximate surface area is 160 Å². The summed E-state index contributed by atoms with van der Waals surface area (Å²) in [5, 5.41) is 0. The van der Waals surface area contributed by atoms with E-state index in [-0.39, 0.29) is 24.1 Å². The number of hydrogen-bond acceptors (Lipinski definition) is 6. The van der Waals surface area contributed by atoms with E-state index in [9.17, 15) is 14.4 Å². The van der Waals surface area contributed by atoms with Crippen LogP contribution in [0.1, 0.15) is 66.2 Å². The third kappa shape index (κ3) is 4.26. The average molecular weight is 378 g/mol. The minimum absolute atomic E-state index is 0.0337. The first-order chi connectivity index (χ1) is 12.7. The molecule has 1 heterocycles. The Bertz CT molecular complexity index is 651. The van der Waals surface area contributed by atoms with Gasteiger partial charge in [0, 0.05) is 32.3 Å². The monoisotopic (exact) mass is 378 g/mol. The Kier molecular flexibility index (Phi) is 5.75. The van der Waals surface area contributed by atoms with Crippen LogP contribution < -0.4 is 0 Å². The Morgan fingerprint density at radius 3 is 2.70 bits per heavy atom. The highest BCUT2D eigenvalue weighted by Gasteiger charge is 2.52. The van der Waals surface area contributed by atoms with E-state index in [0.717, 1.165) is 12.8 Å². The van der Waals surface area contributed by atoms with E-state index in [4.69, 9.17) is 14.2 Å². The summed E-state index contributed by atoms with van der Waals surface area (Å²) in [6.45, 7) is 7.87. The predicted octanol–water partition coefficient (Wildman–Crippen LogP) is 3.33. The van der Waals surface area contributed by atoms with Crippen LogP contribution >= 0.6 is 0 Å². The molecule has 2 aliphatic carbocycles. The van der Waals surface area contributed by atoms with Crippen molar-refractivity contribution in [3.63, 3.8) is 0 Å². The van der Waals surface area contributed by atoms with Crippen LogP contribution in [0.25, 0.3) is 0 Å². The van der Waals surface area contributed by atoms with Crippen molar-refractivity contribution in [3.05, 3.63) is 11.8 Å². The van der Waals surface area contributed by atoms with Gasteiger partial charge in [-0.25, -0.2) is 4.79 Å². The predicted molar refractivity (Wildman–Crippen MR) is 97.5 cm³/mol. The molecule has 1 aliphatic heterocycles. The van der Waals surface area contributed by atoms with Crippen LogP contribution in [0.5, 0.6) is 0 Å². The maximum absolute atomic E-state index is 12.2. The molecule has 3 rings (SSSR count). The second-order valence-corrected chi connectivity index (χ2v) is 8.68. The van der Waals surface area contributed by atoms with Gasteiger partial charge >= 0.3 is 11.9 Å². The van der Waals surface area contributed by atoms with Crippen molar-refractivity contribution in [1.29, 1.82) is 0 Å². The molecule has 0 radical (unpaired) electrons. The summed E-state index contributed by atoms with van der Waals surface area (Å²) in [5.41, 5.74) is -1.02. The van der Waals surface area contributed by atoms with Gasteiger partial charge in [0.25, 0.3) is 0 Å². The lowest BCUT2D eigenvalue weighted by Crippen LogP contribution is -2.51. The molecule has 5 atom stereocenters. The molecule has 0 bridgehead atoms. The van der Waals surface area contributed by atoms with Gasteiger partial charge in [0.2, 0.25) is 5.76 Å². The van der Waals surface area contributed by atoms with Gasteiger partial charge in [-0.3, -0.25) is 9.59 Å². The van der Waals surface area contributed by atoms with E-state index in [1.807, 2.05) is 0 Å². The van der Waals surface area contributed by atoms with Crippen molar-refractivity contribution in [3.8, 4) is 0 Å². The number of ketones is 1. The molecular formula is C21H30O6. The number of carbonyl (C=O) groups is 3. The fraction of sp³-hybridized carbons (Fsp3) is 0.762. The molecule has 150 valence electrons. The zero-order valence-corrected chi connectivity index (χ0v) is 16.7. The first-order valence-electron chi connectivity index (χ1n) is 10.0. The maximum Gasteiger partial charge on any atom is 0.375 e. The molecule has 2 saturated carbocycles. The lowest BCUT2D eigenvalue weighted by molar-refractivity contribution is -0.186. The van der Waals surface area contributed by atoms with Gasteiger partial charge in [-0.05, 0) is 30.6 Å². The number of carbonyl (C=O) groups excluding carboxylic acids is 3. The summed E-state index contributed by atoms with van der Waals surface area (Å²) < 4.78 is 17.1. The van der Waals surface area contributed by atoms with Crippen LogP contribution in [0.4, 0.5) is 0 Å². The number of ether oxygens (including phenoxy) is 3. The van der Waals surface area contributed by atoms with Gasteiger partial charge in [0.1, 0.15) is 11.9 Å². The normalized spacial score (nSPS) is 36.7. The highest BCUT2D eigenvalue weighted by molar-refractivity contribution is 5.92. The van der Waals surface area contributed by atoms with Gasteiger partial charge in [-0.2, -0.15) is 0 Å². The molecule has 2 fully saturated rings. The fourth-order valence-electron chi connectivity index (χ4n) is 4.66. The molecule has 0 aromatic rings. The zero-order valence-electron chi connectivity index (χ0n) is 16.7. The molecule has 1 spiro atoms. The quantitative estimate of drug-likeness (QED) is 0.698. The Balaban J connectivity index is 1.84.